The monoisotopic (exact) mass is 681 g/mol. The van der Waals surface area contributed by atoms with Crippen molar-refractivity contribution in [2.45, 2.75) is 19.3 Å². The van der Waals surface area contributed by atoms with Crippen LogP contribution >= 0.6 is 0 Å². The molecule has 0 amide bonds. The first-order chi connectivity index (χ1) is 26.1. The van der Waals surface area contributed by atoms with E-state index >= 15 is 0 Å². The molecule has 0 radical (unpaired) electrons. The normalized spacial score (nSPS) is 13.6. The summed E-state index contributed by atoms with van der Waals surface area (Å²) >= 11 is 0. The van der Waals surface area contributed by atoms with Gasteiger partial charge in [-0.05, 0) is 71.6 Å². The molecule has 6 aromatic carbocycles. The number of ether oxygens (including phenoxy) is 1. The SMILES string of the molecule is CC1(C)c2cccnc2-n2c3cc(Oc4ccc5c(c4)c4nccn4c4c5ccc5c4c4ccccc4n5-c4ccccc4)ccc3c3cccc1c32. The maximum atomic E-state index is 6.71. The van der Waals surface area contributed by atoms with Gasteiger partial charge in [-0.2, -0.15) is 0 Å². The van der Waals surface area contributed by atoms with Crippen LogP contribution in [0.4, 0.5) is 0 Å². The number of hydrogen-bond donors (Lipinski definition) is 0. The Bertz CT molecular complexity index is 3350. The molecule has 53 heavy (non-hydrogen) atoms. The fourth-order valence-electron chi connectivity index (χ4n) is 9.23. The van der Waals surface area contributed by atoms with Crippen LogP contribution < -0.4 is 4.74 Å². The number of aromatic nitrogens is 5. The molecule has 250 valence electrons. The van der Waals surface area contributed by atoms with Gasteiger partial charge in [0.15, 0.2) is 0 Å². The van der Waals surface area contributed by atoms with Gasteiger partial charge in [0.25, 0.3) is 0 Å². The van der Waals surface area contributed by atoms with Crippen LogP contribution in [0.2, 0.25) is 0 Å². The Kier molecular flexibility index (Phi) is 5.48. The summed E-state index contributed by atoms with van der Waals surface area (Å²) in [5, 5.41) is 8.20. The lowest BCUT2D eigenvalue weighted by atomic mass is 9.76. The first kappa shape index (κ1) is 28.7. The number of para-hydroxylation sites is 3. The molecule has 6 heterocycles. The third kappa shape index (κ3) is 3.71. The second-order valence-corrected chi connectivity index (χ2v) is 14.7. The highest BCUT2D eigenvalue weighted by Crippen LogP contribution is 2.47. The summed E-state index contributed by atoms with van der Waals surface area (Å²) in [6.07, 6.45) is 5.87. The van der Waals surface area contributed by atoms with Crippen LogP contribution in [0.5, 0.6) is 11.5 Å². The molecule has 0 atom stereocenters. The smallest absolute Gasteiger partial charge is 0.145 e. The number of imidazole rings is 1. The number of pyridine rings is 2. The highest BCUT2D eigenvalue weighted by molar-refractivity contribution is 6.26. The van der Waals surface area contributed by atoms with Crippen LogP contribution in [0.3, 0.4) is 0 Å². The van der Waals surface area contributed by atoms with E-state index in [-0.39, 0.29) is 5.41 Å². The molecule has 6 nitrogen and oxygen atoms in total. The minimum absolute atomic E-state index is 0.162. The predicted molar refractivity (Wildman–Crippen MR) is 215 cm³/mol. The van der Waals surface area contributed by atoms with Crippen molar-refractivity contribution in [2.75, 3.05) is 0 Å². The van der Waals surface area contributed by atoms with Crippen LogP contribution in [-0.4, -0.2) is 23.5 Å². The summed E-state index contributed by atoms with van der Waals surface area (Å²) in [4.78, 5) is 9.84. The zero-order valence-corrected chi connectivity index (χ0v) is 29.1. The molecule has 0 unspecified atom stereocenters. The second-order valence-electron chi connectivity index (χ2n) is 14.7. The van der Waals surface area contributed by atoms with Crippen LogP contribution in [0.15, 0.2) is 152 Å². The molecule has 0 spiro atoms. The molecule has 12 rings (SSSR count). The minimum Gasteiger partial charge on any atom is -0.457 e. The predicted octanol–water partition coefficient (Wildman–Crippen LogP) is 11.7. The lowest BCUT2D eigenvalue weighted by Gasteiger charge is -2.33. The van der Waals surface area contributed by atoms with E-state index in [2.05, 4.69) is 161 Å². The first-order valence-corrected chi connectivity index (χ1v) is 18.1. The van der Waals surface area contributed by atoms with Crippen molar-refractivity contribution >= 4 is 70.9 Å². The molecule has 0 saturated carbocycles. The average Bonchev–Trinajstić information content (AvgIpc) is 3.91. The van der Waals surface area contributed by atoms with Gasteiger partial charge in [0.2, 0.25) is 0 Å². The number of rotatable bonds is 3. The standard InChI is InChI=1S/C47H31N5O/c1-47(2)37-14-8-13-33-32-20-18-30(27-41(32)52(43(33)37)46-38(47)15-9-23-48-46)53-29-17-19-31-34-21-22-40-42(44(34)50-25-24-49-45(50)36(31)26-29)35-12-6-7-16-39(35)51(40)28-10-4-3-5-11-28/h3-27H,1-2H3. The summed E-state index contributed by atoms with van der Waals surface area (Å²) < 4.78 is 13.6. The maximum absolute atomic E-state index is 6.71. The Morgan fingerprint density at radius 2 is 1.26 bits per heavy atom. The first-order valence-electron chi connectivity index (χ1n) is 18.1. The van der Waals surface area contributed by atoms with Gasteiger partial charge in [-0.15, -0.1) is 0 Å². The molecule has 0 N–H and O–H groups in total. The van der Waals surface area contributed by atoms with Crippen molar-refractivity contribution in [3.8, 4) is 23.0 Å². The van der Waals surface area contributed by atoms with Crippen molar-refractivity contribution in [1.29, 1.82) is 0 Å². The highest BCUT2D eigenvalue weighted by Gasteiger charge is 2.35. The molecule has 5 aromatic heterocycles. The Labute approximate surface area is 303 Å². The zero-order chi connectivity index (χ0) is 35.0. The molecule has 1 aliphatic heterocycles. The minimum atomic E-state index is -0.162. The van der Waals surface area contributed by atoms with E-state index in [1.54, 1.807) is 0 Å². The van der Waals surface area contributed by atoms with Crippen molar-refractivity contribution in [3.05, 3.63) is 163 Å². The van der Waals surface area contributed by atoms with E-state index in [0.717, 1.165) is 50.5 Å². The number of benzene rings is 6. The van der Waals surface area contributed by atoms with Gasteiger partial charge < -0.3 is 9.30 Å². The summed E-state index contributed by atoms with van der Waals surface area (Å²) in [6, 6.07) is 47.5. The third-order valence-corrected chi connectivity index (χ3v) is 11.6. The van der Waals surface area contributed by atoms with Gasteiger partial charge in [-0.25, -0.2) is 9.97 Å². The summed E-state index contributed by atoms with van der Waals surface area (Å²) in [6.45, 7) is 4.59. The van der Waals surface area contributed by atoms with E-state index in [1.807, 2.05) is 18.5 Å². The largest absolute Gasteiger partial charge is 0.457 e. The Morgan fingerprint density at radius 3 is 2.17 bits per heavy atom. The van der Waals surface area contributed by atoms with Crippen LogP contribution in [0.1, 0.15) is 25.0 Å². The van der Waals surface area contributed by atoms with Crippen molar-refractivity contribution in [3.63, 3.8) is 0 Å². The van der Waals surface area contributed by atoms with Crippen LogP contribution in [0.25, 0.3) is 82.4 Å². The molecule has 0 bridgehead atoms. The van der Waals surface area contributed by atoms with Gasteiger partial charge in [-0.1, -0.05) is 80.6 Å². The summed E-state index contributed by atoms with van der Waals surface area (Å²) in [5.41, 5.74) is 10.2. The van der Waals surface area contributed by atoms with Gasteiger partial charge in [-0.3, -0.25) is 8.97 Å². The quantitative estimate of drug-likeness (QED) is 0.174. The second kappa shape index (κ2) is 10.1. The average molecular weight is 682 g/mol. The van der Waals surface area contributed by atoms with E-state index in [0.29, 0.717) is 0 Å². The number of nitrogens with zero attached hydrogens (tertiary/aromatic N) is 5. The third-order valence-electron chi connectivity index (χ3n) is 11.6. The summed E-state index contributed by atoms with van der Waals surface area (Å²) in [7, 11) is 0. The van der Waals surface area contributed by atoms with Gasteiger partial charge in [0.1, 0.15) is 23.0 Å². The van der Waals surface area contributed by atoms with Crippen LogP contribution in [0, 0.1) is 0 Å². The van der Waals surface area contributed by atoms with E-state index in [4.69, 9.17) is 14.7 Å². The zero-order valence-electron chi connectivity index (χ0n) is 29.1. The molecule has 0 saturated heterocycles. The van der Waals surface area contributed by atoms with Gasteiger partial charge >= 0.3 is 0 Å². The highest BCUT2D eigenvalue weighted by atomic mass is 16.5. The number of fused-ring (bicyclic) bond motifs is 15. The fraction of sp³-hybridized carbons (Fsp3) is 0.0638. The van der Waals surface area contributed by atoms with Crippen molar-refractivity contribution in [1.82, 2.24) is 23.5 Å². The van der Waals surface area contributed by atoms with Crippen molar-refractivity contribution < 1.29 is 4.74 Å². The molecule has 0 fully saturated rings. The van der Waals surface area contributed by atoms with Crippen LogP contribution in [-0.2, 0) is 5.41 Å². The Balaban J connectivity index is 1.05. The lowest BCUT2D eigenvalue weighted by Crippen LogP contribution is -2.26. The summed E-state index contributed by atoms with van der Waals surface area (Å²) in [5.74, 6) is 2.52. The van der Waals surface area contributed by atoms with E-state index < -0.39 is 0 Å². The molecule has 11 aromatic rings. The molecular weight excluding hydrogens is 651 g/mol. The van der Waals surface area contributed by atoms with E-state index in [1.165, 1.54) is 54.6 Å². The van der Waals surface area contributed by atoms with Gasteiger partial charge in [0.05, 0.1) is 27.6 Å². The molecule has 1 aliphatic rings. The maximum Gasteiger partial charge on any atom is 0.145 e. The molecule has 6 heteroatoms. The number of hydrogen-bond acceptors (Lipinski definition) is 3. The molecule has 0 aliphatic carbocycles. The van der Waals surface area contributed by atoms with Gasteiger partial charge in [0, 0.05) is 73.6 Å². The molecular formula is C47H31N5O. The Morgan fingerprint density at radius 1 is 0.509 bits per heavy atom. The topological polar surface area (TPSA) is 49.3 Å². The van der Waals surface area contributed by atoms with E-state index in [9.17, 15) is 0 Å². The fourth-order valence-corrected chi connectivity index (χ4v) is 9.23. The van der Waals surface area contributed by atoms with Crippen molar-refractivity contribution in [2.24, 2.45) is 0 Å². The lowest BCUT2D eigenvalue weighted by molar-refractivity contribution is 0.484. The Hall–Kier alpha value is -6.92.